The Morgan fingerprint density at radius 3 is 2.35 bits per heavy atom. The molecule has 0 aliphatic carbocycles. The smallest absolute Gasteiger partial charge is 0.198 e. The predicted octanol–water partition coefficient (Wildman–Crippen LogP) is 1.34. The molecule has 0 atom stereocenters. The van der Waals surface area contributed by atoms with Gasteiger partial charge in [0, 0.05) is 32.1 Å². The molecule has 0 aromatic heterocycles. The minimum atomic E-state index is -3.38. The molecular formula is C11H21N3O2S. The van der Waals surface area contributed by atoms with Gasteiger partial charge in [-0.15, -0.1) is 0 Å². The Morgan fingerprint density at radius 2 is 1.88 bits per heavy atom. The third-order valence-corrected chi connectivity index (χ3v) is 5.17. The molecule has 0 aromatic rings. The number of rotatable bonds is 5. The molecule has 0 aromatic carbocycles. The van der Waals surface area contributed by atoms with Gasteiger partial charge in [0.25, 0.3) is 10.2 Å². The van der Waals surface area contributed by atoms with E-state index < -0.39 is 10.2 Å². The zero-order valence-corrected chi connectivity index (χ0v) is 11.4. The van der Waals surface area contributed by atoms with Crippen LogP contribution in [0, 0.1) is 11.3 Å². The fourth-order valence-corrected chi connectivity index (χ4v) is 3.92. The van der Waals surface area contributed by atoms with Crippen molar-refractivity contribution in [3.05, 3.63) is 0 Å². The Hall–Kier alpha value is -0.640. The zero-order valence-electron chi connectivity index (χ0n) is 10.6. The zero-order chi connectivity index (χ0) is 12.9. The average Bonchev–Trinajstić information content (AvgIpc) is 2.30. The molecule has 5 nitrogen and oxygen atoms in total. The number of piperidine rings is 1. The summed E-state index contributed by atoms with van der Waals surface area (Å²) in [7, 11) is -3.38. The molecular weight excluding hydrogens is 238 g/mol. The largest absolute Gasteiger partial charge is 0.282 e. The highest BCUT2D eigenvalue weighted by Gasteiger charge is 2.31. The van der Waals surface area contributed by atoms with Crippen molar-refractivity contribution in [2.75, 3.05) is 19.6 Å². The molecule has 0 spiro atoms. The lowest BCUT2D eigenvalue weighted by molar-refractivity contribution is 0.283. The van der Waals surface area contributed by atoms with Crippen LogP contribution in [0.25, 0.3) is 0 Å². The van der Waals surface area contributed by atoms with Crippen LogP contribution in [0.1, 0.15) is 39.5 Å². The summed E-state index contributed by atoms with van der Waals surface area (Å²) in [6, 6.07) is 1.90. The van der Waals surface area contributed by atoms with Gasteiger partial charge in [0.1, 0.15) is 0 Å². The number of nitriles is 1. The van der Waals surface area contributed by atoms with Crippen molar-refractivity contribution in [2.24, 2.45) is 0 Å². The molecule has 1 aliphatic rings. The molecule has 98 valence electrons. The van der Waals surface area contributed by atoms with Gasteiger partial charge in [-0.3, -0.25) is 0 Å². The maximum Gasteiger partial charge on any atom is 0.282 e. The van der Waals surface area contributed by atoms with Crippen molar-refractivity contribution in [1.29, 1.82) is 5.26 Å². The van der Waals surface area contributed by atoms with E-state index in [1.807, 2.05) is 19.9 Å². The highest BCUT2D eigenvalue weighted by molar-refractivity contribution is 7.86. The lowest BCUT2D eigenvalue weighted by atomic mass is 10.2. The first kappa shape index (κ1) is 14.4. The molecule has 0 radical (unpaired) electrons. The second-order valence-corrected chi connectivity index (χ2v) is 6.46. The topological polar surface area (TPSA) is 64.4 Å². The van der Waals surface area contributed by atoms with Gasteiger partial charge in [0.15, 0.2) is 0 Å². The van der Waals surface area contributed by atoms with E-state index in [4.69, 9.17) is 5.26 Å². The summed E-state index contributed by atoms with van der Waals surface area (Å²) in [5.74, 6) is 0. The lowest BCUT2D eigenvalue weighted by Gasteiger charge is -2.33. The Balaban J connectivity index is 2.79. The SMILES string of the molecule is CC(C)N(CCC#N)S(=O)(=O)N1CCCCC1. The number of hydrogen-bond donors (Lipinski definition) is 0. The average molecular weight is 259 g/mol. The normalized spacial score (nSPS) is 18.5. The maximum absolute atomic E-state index is 12.4. The standard InChI is InChI=1S/C11H21N3O2S/c1-11(2)14(10-6-7-12)17(15,16)13-8-4-3-5-9-13/h11H,3-6,8-10H2,1-2H3. The Kier molecular flexibility index (Phi) is 5.37. The molecule has 0 amide bonds. The number of hydrogen-bond acceptors (Lipinski definition) is 3. The van der Waals surface area contributed by atoms with Crippen molar-refractivity contribution in [3.8, 4) is 6.07 Å². The van der Waals surface area contributed by atoms with Gasteiger partial charge in [-0.25, -0.2) is 0 Å². The molecule has 6 heteroatoms. The highest BCUT2D eigenvalue weighted by Crippen LogP contribution is 2.18. The van der Waals surface area contributed by atoms with Crippen LogP contribution in [0.4, 0.5) is 0 Å². The van der Waals surface area contributed by atoms with Crippen LogP contribution in [0.15, 0.2) is 0 Å². The van der Waals surface area contributed by atoms with Crippen molar-refractivity contribution in [2.45, 2.75) is 45.6 Å². The van der Waals surface area contributed by atoms with Crippen LogP contribution in [0.2, 0.25) is 0 Å². The summed E-state index contributed by atoms with van der Waals surface area (Å²) in [5.41, 5.74) is 0. The third-order valence-electron chi connectivity index (χ3n) is 2.96. The van der Waals surface area contributed by atoms with Crippen molar-refractivity contribution < 1.29 is 8.42 Å². The third kappa shape index (κ3) is 3.66. The Bertz CT molecular complexity index is 367. The molecule has 17 heavy (non-hydrogen) atoms. The highest BCUT2D eigenvalue weighted by atomic mass is 32.2. The van der Waals surface area contributed by atoms with Gasteiger partial charge in [-0.1, -0.05) is 6.42 Å². The summed E-state index contributed by atoms with van der Waals surface area (Å²) in [6.07, 6.45) is 3.21. The van der Waals surface area contributed by atoms with Crippen molar-refractivity contribution in [1.82, 2.24) is 8.61 Å². The summed E-state index contributed by atoms with van der Waals surface area (Å²) in [4.78, 5) is 0. The lowest BCUT2D eigenvalue weighted by Crippen LogP contribution is -2.48. The van der Waals surface area contributed by atoms with E-state index in [9.17, 15) is 8.42 Å². The van der Waals surface area contributed by atoms with Crippen LogP contribution >= 0.6 is 0 Å². The van der Waals surface area contributed by atoms with Gasteiger partial charge >= 0.3 is 0 Å². The van der Waals surface area contributed by atoms with Crippen LogP contribution < -0.4 is 0 Å². The maximum atomic E-state index is 12.4. The second kappa shape index (κ2) is 6.34. The fraction of sp³-hybridized carbons (Fsp3) is 0.909. The quantitative estimate of drug-likeness (QED) is 0.748. The van der Waals surface area contributed by atoms with E-state index in [0.717, 1.165) is 19.3 Å². The van der Waals surface area contributed by atoms with Gasteiger partial charge in [-0.2, -0.15) is 22.3 Å². The van der Waals surface area contributed by atoms with Gasteiger partial charge < -0.3 is 0 Å². The number of nitrogens with zero attached hydrogens (tertiary/aromatic N) is 3. The van der Waals surface area contributed by atoms with Crippen molar-refractivity contribution in [3.63, 3.8) is 0 Å². The van der Waals surface area contributed by atoms with Crippen LogP contribution in [-0.4, -0.2) is 42.7 Å². The summed E-state index contributed by atoms with van der Waals surface area (Å²) < 4.78 is 27.7. The first-order valence-corrected chi connectivity index (χ1v) is 7.53. The molecule has 0 unspecified atom stereocenters. The first-order valence-electron chi connectivity index (χ1n) is 6.14. The molecule has 1 heterocycles. The van der Waals surface area contributed by atoms with E-state index in [0.29, 0.717) is 13.1 Å². The second-order valence-electron chi connectivity index (χ2n) is 4.58. The summed E-state index contributed by atoms with van der Waals surface area (Å²) in [6.45, 7) is 5.20. The molecule has 1 rings (SSSR count). The van der Waals surface area contributed by atoms with Crippen LogP contribution in [0.3, 0.4) is 0 Å². The van der Waals surface area contributed by atoms with E-state index >= 15 is 0 Å². The van der Waals surface area contributed by atoms with E-state index in [1.54, 1.807) is 4.31 Å². The van der Waals surface area contributed by atoms with Crippen molar-refractivity contribution >= 4 is 10.2 Å². The van der Waals surface area contributed by atoms with E-state index in [2.05, 4.69) is 0 Å². The summed E-state index contributed by atoms with van der Waals surface area (Å²) in [5, 5.41) is 8.59. The summed E-state index contributed by atoms with van der Waals surface area (Å²) >= 11 is 0. The molecule has 0 bridgehead atoms. The van der Waals surface area contributed by atoms with E-state index in [-0.39, 0.29) is 19.0 Å². The minimum Gasteiger partial charge on any atom is -0.198 e. The molecule has 1 aliphatic heterocycles. The Morgan fingerprint density at radius 1 is 1.29 bits per heavy atom. The van der Waals surface area contributed by atoms with Gasteiger partial charge in [0.05, 0.1) is 6.07 Å². The first-order chi connectivity index (χ1) is 8.00. The van der Waals surface area contributed by atoms with Crippen LogP contribution in [0.5, 0.6) is 0 Å². The molecule has 1 saturated heterocycles. The van der Waals surface area contributed by atoms with Gasteiger partial charge in [-0.05, 0) is 26.7 Å². The van der Waals surface area contributed by atoms with Crippen LogP contribution in [-0.2, 0) is 10.2 Å². The fourth-order valence-electron chi connectivity index (χ4n) is 2.04. The molecule has 0 N–H and O–H groups in total. The minimum absolute atomic E-state index is 0.102. The van der Waals surface area contributed by atoms with Gasteiger partial charge in [0.2, 0.25) is 0 Å². The van der Waals surface area contributed by atoms with E-state index in [1.165, 1.54) is 4.31 Å². The Labute approximate surface area is 104 Å². The molecule has 1 fully saturated rings. The predicted molar refractivity (Wildman–Crippen MR) is 66.4 cm³/mol. The monoisotopic (exact) mass is 259 g/mol. The molecule has 0 saturated carbocycles.